The van der Waals surface area contributed by atoms with Gasteiger partial charge in [-0.2, -0.15) is 0 Å². The van der Waals surface area contributed by atoms with Gasteiger partial charge in [0, 0.05) is 19.5 Å². The third-order valence-corrected chi connectivity index (χ3v) is 3.52. The molecule has 1 rings (SSSR count). The molecule has 0 aliphatic carbocycles. The van der Waals surface area contributed by atoms with Crippen LogP contribution in [0.1, 0.15) is 38.8 Å². The molecule has 3 nitrogen and oxygen atoms in total. The second-order valence-corrected chi connectivity index (χ2v) is 5.20. The van der Waals surface area contributed by atoms with Crippen molar-refractivity contribution in [3.8, 4) is 0 Å². The normalized spacial score (nSPS) is 14.3. The highest BCUT2D eigenvalue weighted by Crippen LogP contribution is 2.19. The number of hydrogen-bond donors (Lipinski definition) is 1. The molecule has 0 aromatic heterocycles. The van der Waals surface area contributed by atoms with Gasteiger partial charge in [0.25, 0.3) is 0 Å². The van der Waals surface area contributed by atoms with Crippen LogP contribution in [0, 0.1) is 5.92 Å². The van der Waals surface area contributed by atoms with Crippen molar-refractivity contribution in [1.29, 1.82) is 0 Å². The van der Waals surface area contributed by atoms with Crippen molar-refractivity contribution < 1.29 is 4.79 Å². The Morgan fingerprint density at radius 1 is 1.22 bits per heavy atom. The zero-order chi connectivity index (χ0) is 13.7. The van der Waals surface area contributed by atoms with Crippen LogP contribution in [0.2, 0.25) is 0 Å². The summed E-state index contributed by atoms with van der Waals surface area (Å²) in [6.45, 7) is 6.12. The second kappa shape index (κ2) is 6.55. The fourth-order valence-electron chi connectivity index (χ4n) is 1.75. The van der Waals surface area contributed by atoms with E-state index in [0.29, 0.717) is 12.3 Å². The second-order valence-electron chi connectivity index (χ2n) is 5.20. The highest BCUT2D eigenvalue weighted by atomic mass is 16.2. The Bertz CT molecular complexity index is 375. The maximum atomic E-state index is 12.1. The number of amides is 1. The molecule has 0 bridgehead atoms. The van der Waals surface area contributed by atoms with Crippen molar-refractivity contribution in [2.24, 2.45) is 11.7 Å². The molecule has 1 amide bonds. The lowest BCUT2D eigenvalue weighted by Crippen LogP contribution is -2.37. The lowest BCUT2D eigenvalue weighted by atomic mass is 10.0. The highest BCUT2D eigenvalue weighted by molar-refractivity contribution is 5.77. The van der Waals surface area contributed by atoms with Crippen LogP contribution in [0.3, 0.4) is 0 Å². The first-order valence-electron chi connectivity index (χ1n) is 6.49. The smallest absolute Gasteiger partial charge is 0.224 e. The van der Waals surface area contributed by atoms with Gasteiger partial charge in [-0.3, -0.25) is 4.79 Å². The third kappa shape index (κ3) is 3.84. The molecular weight excluding hydrogens is 224 g/mol. The summed E-state index contributed by atoms with van der Waals surface area (Å²) >= 11 is 0. The van der Waals surface area contributed by atoms with E-state index in [4.69, 9.17) is 5.73 Å². The molecular formula is C15H24N2O. The van der Waals surface area contributed by atoms with E-state index >= 15 is 0 Å². The van der Waals surface area contributed by atoms with E-state index in [9.17, 15) is 4.79 Å². The van der Waals surface area contributed by atoms with Gasteiger partial charge in [0.05, 0.1) is 6.04 Å². The average Bonchev–Trinajstić information content (AvgIpc) is 2.37. The van der Waals surface area contributed by atoms with Crippen molar-refractivity contribution in [3.05, 3.63) is 35.9 Å². The summed E-state index contributed by atoms with van der Waals surface area (Å²) in [7, 11) is 1.84. The minimum atomic E-state index is -0.0667. The Kier molecular flexibility index (Phi) is 5.35. The van der Waals surface area contributed by atoms with E-state index in [1.54, 1.807) is 4.90 Å². The van der Waals surface area contributed by atoms with Gasteiger partial charge >= 0.3 is 0 Å². The average molecular weight is 248 g/mol. The van der Waals surface area contributed by atoms with Gasteiger partial charge in [0.15, 0.2) is 0 Å². The fourth-order valence-corrected chi connectivity index (χ4v) is 1.75. The molecule has 2 unspecified atom stereocenters. The van der Waals surface area contributed by atoms with Crippen LogP contribution in [0.25, 0.3) is 0 Å². The minimum absolute atomic E-state index is 0.0667. The van der Waals surface area contributed by atoms with E-state index in [1.807, 2.05) is 58.2 Å². The van der Waals surface area contributed by atoms with E-state index in [0.717, 1.165) is 5.56 Å². The van der Waals surface area contributed by atoms with Gasteiger partial charge in [-0.15, -0.1) is 0 Å². The Morgan fingerprint density at radius 2 is 1.78 bits per heavy atom. The molecule has 0 saturated heterocycles. The van der Waals surface area contributed by atoms with Crippen molar-refractivity contribution in [2.75, 3.05) is 7.05 Å². The lowest BCUT2D eigenvalue weighted by Gasteiger charge is -2.27. The first kappa shape index (κ1) is 14.7. The molecule has 0 aliphatic heterocycles. The van der Waals surface area contributed by atoms with Crippen molar-refractivity contribution in [3.63, 3.8) is 0 Å². The Morgan fingerprint density at radius 3 is 2.28 bits per heavy atom. The van der Waals surface area contributed by atoms with Crippen molar-refractivity contribution in [2.45, 2.75) is 39.3 Å². The monoisotopic (exact) mass is 248 g/mol. The van der Waals surface area contributed by atoms with Gasteiger partial charge in [-0.1, -0.05) is 44.2 Å². The molecule has 0 heterocycles. The van der Waals surface area contributed by atoms with E-state index in [2.05, 4.69) is 0 Å². The van der Waals surface area contributed by atoms with Crippen LogP contribution >= 0.6 is 0 Å². The van der Waals surface area contributed by atoms with Crippen LogP contribution in [-0.2, 0) is 4.79 Å². The molecule has 1 aromatic rings. The predicted molar refractivity (Wildman–Crippen MR) is 75.1 cm³/mol. The molecule has 1 aromatic carbocycles. The molecule has 0 aliphatic rings. The number of carbonyl (C=O) groups is 1. The Balaban J connectivity index is 2.64. The molecule has 0 radical (unpaired) electrons. The topological polar surface area (TPSA) is 46.3 Å². The van der Waals surface area contributed by atoms with Crippen molar-refractivity contribution in [1.82, 2.24) is 4.90 Å². The molecule has 0 fully saturated rings. The van der Waals surface area contributed by atoms with Gasteiger partial charge in [0.2, 0.25) is 5.91 Å². The first-order valence-corrected chi connectivity index (χ1v) is 6.49. The lowest BCUT2D eigenvalue weighted by molar-refractivity contribution is -0.132. The number of nitrogens with zero attached hydrogens (tertiary/aromatic N) is 1. The molecule has 18 heavy (non-hydrogen) atoms. The van der Waals surface area contributed by atoms with Crippen molar-refractivity contribution >= 4 is 5.91 Å². The first-order chi connectivity index (χ1) is 8.43. The number of carbonyl (C=O) groups excluding carboxylic acids is 1. The molecule has 2 atom stereocenters. The van der Waals surface area contributed by atoms with E-state index in [-0.39, 0.29) is 18.0 Å². The van der Waals surface area contributed by atoms with Crippen LogP contribution < -0.4 is 5.73 Å². The summed E-state index contributed by atoms with van der Waals surface area (Å²) in [5.41, 5.74) is 7.09. The predicted octanol–water partition coefficient (Wildman–Crippen LogP) is 2.58. The summed E-state index contributed by atoms with van der Waals surface area (Å²) in [6.07, 6.45) is 0.408. The van der Waals surface area contributed by atoms with Gasteiger partial charge in [0.1, 0.15) is 0 Å². The Labute approximate surface area is 110 Å². The summed E-state index contributed by atoms with van der Waals surface area (Å²) < 4.78 is 0. The maximum absolute atomic E-state index is 12.1. The van der Waals surface area contributed by atoms with Crippen LogP contribution in [0.5, 0.6) is 0 Å². The molecule has 3 heteroatoms. The summed E-state index contributed by atoms with van der Waals surface area (Å²) in [6, 6.07) is 10.1. The fraction of sp³-hybridized carbons (Fsp3) is 0.533. The van der Waals surface area contributed by atoms with E-state index in [1.165, 1.54) is 0 Å². The highest BCUT2D eigenvalue weighted by Gasteiger charge is 2.20. The third-order valence-electron chi connectivity index (χ3n) is 3.52. The molecule has 2 N–H and O–H groups in total. The maximum Gasteiger partial charge on any atom is 0.224 e. The van der Waals surface area contributed by atoms with Crippen LogP contribution in [0.4, 0.5) is 0 Å². The zero-order valence-electron chi connectivity index (χ0n) is 11.8. The van der Waals surface area contributed by atoms with E-state index < -0.39 is 0 Å². The SMILES string of the molecule is CC(C)C(N)CC(=O)N(C)C(C)c1ccccc1. The zero-order valence-corrected chi connectivity index (χ0v) is 11.8. The Hall–Kier alpha value is -1.35. The quantitative estimate of drug-likeness (QED) is 0.870. The molecule has 0 spiro atoms. The number of benzene rings is 1. The largest absolute Gasteiger partial charge is 0.339 e. The van der Waals surface area contributed by atoms with Gasteiger partial charge < -0.3 is 10.6 Å². The molecule has 100 valence electrons. The number of hydrogen-bond acceptors (Lipinski definition) is 2. The summed E-state index contributed by atoms with van der Waals surface area (Å²) in [5, 5.41) is 0. The number of rotatable bonds is 5. The summed E-state index contributed by atoms with van der Waals surface area (Å²) in [5.74, 6) is 0.432. The van der Waals surface area contributed by atoms with Crippen LogP contribution in [-0.4, -0.2) is 23.9 Å². The van der Waals surface area contributed by atoms with Gasteiger partial charge in [-0.25, -0.2) is 0 Å². The van der Waals surface area contributed by atoms with Crippen LogP contribution in [0.15, 0.2) is 30.3 Å². The summed E-state index contributed by atoms with van der Waals surface area (Å²) in [4.78, 5) is 13.9. The standard InChI is InChI=1S/C15H24N2O/c1-11(2)14(16)10-15(18)17(4)12(3)13-8-6-5-7-9-13/h5-9,11-12,14H,10,16H2,1-4H3. The minimum Gasteiger partial charge on any atom is -0.339 e. The molecule has 0 saturated carbocycles. The number of nitrogens with two attached hydrogens (primary N) is 1. The van der Waals surface area contributed by atoms with Gasteiger partial charge in [-0.05, 0) is 18.4 Å².